The van der Waals surface area contributed by atoms with Gasteiger partial charge in [-0.25, -0.2) is 9.59 Å². The van der Waals surface area contributed by atoms with Gasteiger partial charge >= 0.3 is 12.1 Å². The van der Waals surface area contributed by atoms with Crippen LogP contribution < -0.4 is 15.5 Å². The Kier molecular flexibility index (Phi) is 5.09. The monoisotopic (exact) mass is 360 g/mol. The third-order valence-electron chi connectivity index (χ3n) is 4.99. The number of hydrogen-bond acceptors (Lipinski definition) is 3. The number of hydrogen-bond donors (Lipinski definition) is 3. The summed E-state index contributed by atoms with van der Waals surface area (Å²) in [6.45, 7) is 7.97. The molecule has 1 aromatic rings. The van der Waals surface area contributed by atoms with Gasteiger partial charge in [-0.3, -0.25) is 4.90 Å². The summed E-state index contributed by atoms with van der Waals surface area (Å²) in [7, 11) is 0. The summed E-state index contributed by atoms with van der Waals surface area (Å²) >= 11 is 0. The second-order valence-corrected chi connectivity index (χ2v) is 7.63. The Morgan fingerprint density at radius 1 is 1.12 bits per heavy atom. The number of anilines is 1. The zero-order valence-electron chi connectivity index (χ0n) is 15.8. The van der Waals surface area contributed by atoms with Gasteiger partial charge < -0.3 is 20.6 Å². The van der Waals surface area contributed by atoms with Crippen molar-refractivity contribution in [3.8, 4) is 0 Å². The number of nitrogens with one attached hydrogen (secondary N) is 2. The van der Waals surface area contributed by atoms with Crippen LogP contribution in [0.15, 0.2) is 24.3 Å². The van der Waals surface area contributed by atoms with Crippen LogP contribution in [0.4, 0.5) is 15.3 Å². The molecule has 2 aliphatic rings. The summed E-state index contributed by atoms with van der Waals surface area (Å²) in [5, 5.41) is 15.7. The average Bonchev–Trinajstić information content (AvgIpc) is 2.53. The van der Waals surface area contributed by atoms with Crippen molar-refractivity contribution in [2.45, 2.75) is 57.8 Å². The molecule has 2 heterocycles. The first-order chi connectivity index (χ1) is 12.3. The Morgan fingerprint density at radius 2 is 1.73 bits per heavy atom. The number of fused-ring (bicyclic) bond motifs is 3. The van der Waals surface area contributed by atoms with Gasteiger partial charge in [0.05, 0.1) is 18.7 Å². The number of nitrogens with zero attached hydrogens (tertiary/aromatic N) is 2. The van der Waals surface area contributed by atoms with Crippen LogP contribution in [0.5, 0.6) is 0 Å². The number of para-hydroxylation sites is 1. The fraction of sp³-hybridized carbons (Fsp3) is 0.579. The molecular weight excluding hydrogens is 332 g/mol. The lowest BCUT2D eigenvalue weighted by Gasteiger charge is -2.58. The molecule has 2 aliphatic heterocycles. The Hall–Kier alpha value is -2.28. The number of amides is 4. The van der Waals surface area contributed by atoms with Gasteiger partial charge in [-0.05, 0) is 39.3 Å². The Labute approximate surface area is 154 Å². The number of benzene rings is 1. The predicted molar refractivity (Wildman–Crippen MR) is 100 cm³/mol. The highest BCUT2D eigenvalue weighted by Gasteiger charge is 2.55. The van der Waals surface area contributed by atoms with E-state index in [4.69, 9.17) is 0 Å². The number of urea groups is 2. The van der Waals surface area contributed by atoms with Crippen molar-refractivity contribution in [3.63, 3.8) is 0 Å². The molecule has 1 fully saturated rings. The van der Waals surface area contributed by atoms with Gasteiger partial charge in [-0.1, -0.05) is 18.2 Å². The van der Waals surface area contributed by atoms with Crippen LogP contribution in [0.1, 0.15) is 39.2 Å². The standard InChI is InChI=1S/C19H28N4O3/c1-11(2)20-18(25)22-9-15-17(13-7-5-6-8-14(13)22)16(10-24)23(15)19(26)21-12(3)4/h5-8,11-12,15-17,24H,9-10H2,1-4H3,(H,20,25)(H,21,26)/t15-,16+,17+/m1/s1. The van der Waals surface area contributed by atoms with Crippen molar-refractivity contribution in [2.24, 2.45) is 0 Å². The van der Waals surface area contributed by atoms with E-state index in [1.165, 1.54) is 0 Å². The minimum atomic E-state index is -0.268. The Bertz CT molecular complexity index is 691. The van der Waals surface area contributed by atoms with Crippen LogP contribution in [-0.2, 0) is 0 Å². The van der Waals surface area contributed by atoms with Gasteiger partial charge in [0.2, 0.25) is 0 Å². The van der Waals surface area contributed by atoms with E-state index < -0.39 is 0 Å². The Morgan fingerprint density at radius 3 is 2.35 bits per heavy atom. The molecule has 4 amide bonds. The summed E-state index contributed by atoms with van der Waals surface area (Å²) < 4.78 is 0. The first-order valence-electron chi connectivity index (χ1n) is 9.21. The van der Waals surface area contributed by atoms with Crippen LogP contribution >= 0.6 is 0 Å². The minimum absolute atomic E-state index is 0.0112. The molecule has 0 aliphatic carbocycles. The number of aliphatic hydroxyl groups excluding tert-OH is 1. The van der Waals surface area contributed by atoms with Gasteiger partial charge in [0.1, 0.15) is 0 Å². The second-order valence-electron chi connectivity index (χ2n) is 7.63. The summed E-state index contributed by atoms with van der Waals surface area (Å²) in [6.07, 6.45) is 0. The van der Waals surface area contributed by atoms with Crippen molar-refractivity contribution in [3.05, 3.63) is 29.8 Å². The van der Waals surface area contributed by atoms with Crippen molar-refractivity contribution in [1.82, 2.24) is 15.5 Å². The molecule has 3 rings (SSSR count). The van der Waals surface area contributed by atoms with Gasteiger partial charge in [0.15, 0.2) is 0 Å². The molecule has 1 saturated heterocycles. The third-order valence-corrected chi connectivity index (χ3v) is 4.99. The minimum Gasteiger partial charge on any atom is -0.394 e. The SMILES string of the molecule is CC(C)NC(=O)N1C[C@@H]2[C@H](c3ccccc31)[C@H](CO)N2C(=O)NC(C)C. The molecule has 3 atom stereocenters. The topological polar surface area (TPSA) is 84.9 Å². The molecule has 7 nitrogen and oxygen atoms in total. The van der Waals surface area contributed by atoms with Gasteiger partial charge in [-0.2, -0.15) is 0 Å². The Balaban J connectivity index is 1.93. The summed E-state index contributed by atoms with van der Waals surface area (Å²) in [5.74, 6) is 0.0391. The van der Waals surface area contributed by atoms with E-state index in [0.29, 0.717) is 6.54 Å². The number of carbonyl (C=O) groups excluding carboxylic acids is 2. The van der Waals surface area contributed by atoms with Crippen LogP contribution in [0.2, 0.25) is 0 Å². The fourth-order valence-electron chi connectivity index (χ4n) is 4.01. The van der Waals surface area contributed by atoms with Crippen LogP contribution in [0.25, 0.3) is 0 Å². The average molecular weight is 360 g/mol. The molecule has 0 saturated carbocycles. The summed E-state index contributed by atoms with van der Waals surface area (Å²) in [5.41, 5.74) is 1.87. The normalized spacial score (nSPS) is 24.0. The number of aliphatic hydroxyl groups is 1. The quantitative estimate of drug-likeness (QED) is 0.769. The smallest absolute Gasteiger partial charge is 0.322 e. The van der Waals surface area contributed by atoms with Gasteiger partial charge in [-0.15, -0.1) is 0 Å². The fourth-order valence-corrected chi connectivity index (χ4v) is 4.01. The maximum Gasteiger partial charge on any atom is 0.322 e. The maximum absolute atomic E-state index is 12.7. The molecule has 0 bridgehead atoms. The predicted octanol–water partition coefficient (Wildman–Crippen LogP) is 1.87. The first kappa shape index (κ1) is 18.5. The van der Waals surface area contributed by atoms with Gasteiger partial charge in [0.25, 0.3) is 0 Å². The van der Waals surface area contributed by atoms with E-state index in [2.05, 4.69) is 10.6 Å². The molecule has 1 aromatic carbocycles. The summed E-state index contributed by atoms with van der Waals surface area (Å²) in [6, 6.07) is 7.03. The lowest BCUT2D eigenvalue weighted by atomic mass is 9.72. The highest BCUT2D eigenvalue weighted by atomic mass is 16.3. The molecular formula is C19H28N4O3. The lowest BCUT2D eigenvalue weighted by molar-refractivity contribution is -0.00755. The second kappa shape index (κ2) is 7.15. The molecule has 0 spiro atoms. The molecule has 3 N–H and O–H groups in total. The summed E-state index contributed by atoms with van der Waals surface area (Å²) in [4.78, 5) is 28.7. The molecule has 0 unspecified atom stereocenters. The lowest BCUT2D eigenvalue weighted by Crippen LogP contribution is -2.72. The highest BCUT2D eigenvalue weighted by molar-refractivity contribution is 5.94. The van der Waals surface area contributed by atoms with Crippen molar-refractivity contribution >= 4 is 17.7 Å². The van der Waals surface area contributed by atoms with E-state index in [0.717, 1.165) is 11.3 Å². The van der Waals surface area contributed by atoms with Gasteiger partial charge in [0, 0.05) is 30.2 Å². The van der Waals surface area contributed by atoms with Crippen molar-refractivity contribution in [1.29, 1.82) is 0 Å². The van der Waals surface area contributed by atoms with E-state index in [1.54, 1.807) is 9.80 Å². The zero-order valence-corrected chi connectivity index (χ0v) is 15.8. The molecule has 26 heavy (non-hydrogen) atoms. The molecule has 0 aromatic heterocycles. The third kappa shape index (κ3) is 3.11. The molecule has 142 valence electrons. The van der Waals surface area contributed by atoms with Crippen LogP contribution in [-0.4, -0.2) is 59.4 Å². The van der Waals surface area contributed by atoms with Crippen LogP contribution in [0.3, 0.4) is 0 Å². The van der Waals surface area contributed by atoms with Crippen LogP contribution in [0, 0.1) is 0 Å². The van der Waals surface area contributed by atoms with Crippen molar-refractivity contribution in [2.75, 3.05) is 18.1 Å². The van der Waals surface area contributed by atoms with Crippen molar-refractivity contribution < 1.29 is 14.7 Å². The maximum atomic E-state index is 12.7. The molecule has 7 heteroatoms. The van der Waals surface area contributed by atoms with E-state index in [-0.39, 0.29) is 48.8 Å². The molecule has 0 radical (unpaired) electrons. The first-order valence-corrected chi connectivity index (χ1v) is 9.21. The highest BCUT2D eigenvalue weighted by Crippen LogP contribution is 2.48. The largest absolute Gasteiger partial charge is 0.394 e. The van der Waals surface area contributed by atoms with E-state index >= 15 is 0 Å². The van der Waals surface area contributed by atoms with E-state index in [1.807, 2.05) is 52.0 Å². The van der Waals surface area contributed by atoms with E-state index in [9.17, 15) is 14.7 Å². The number of carbonyl (C=O) groups is 2. The zero-order chi connectivity index (χ0) is 19.0. The number of rotatable bonds is 3. The number of likely N-dealkylation sites (tertiary alicyclic amines) is 1.